The molecule has 0 aliphatic carbocycles. The predicted octanol–water partition coefficient (Wildman–Crippen LogP) is 5.28. The molecule has 0 amide bonds. The number of anilines is 1. The Hall–Kier alpha value is -2.85. The van der Waals surface area contributed by atoms with Gasteiger partial charge in [0.15, 0.2) is 5.65 Å². The molecule has 0 fully saturated rings. The summed E-state index contributed by atoms with van der Waals surface area (Å²) in [6, 6.07) is 20.1. The van der Waals surface area contributed by atoms with Crippen LogP contribution in [0.2, 0.25) is 5.02 Å². The van der Waals surface area contributed by atoms with Crippen LogP contribution in [0, 0.1) is 13.8 Å². The van der Waals surface area contributed by atoms with Gasteiger partial charge in [0.05, 0.1) is 5.69 Å². The smallest absolute Gasteiger partial charge is 0.165 e. The number of aromatic nitrogens is 3. The van der Waals surface area contributed by atoms with Crippen molar-refractivity contribution in [3.05, 3.63) is 82.6 Å². The maximum Gasteiger partial charge on any atom is 0.165 e. The second-order valence-electron chi connectivity index (χ2n) is 6.32. The molecule has 2 heterocycles. The molecule has 130 valence electrons. The van der Waals surface area contributed by atoms with Gasteiger partial charge in [-0.1, -0.05) is 54.1 Å². The highest BCUT2D eigenvalue weighted by molar-refractivity contribution is 6.30. The Morgan fingerprint density at radius 2 is 1.73 bits per heavy atom. The number of halogens is 1. The number of fused-ring (bicyclic) bond motifs is 1. The summed E-state index contributed by atoms with van der Waals surface area (Å²) < 4.78 is 1.88. The lowest BCUT2D eigenvalue weighted by Crippen LogP contribution is -2.06. The molecule has 0 spiro atoms. The highest BCUT2D eigenvalue weighted by atomic mass is 35.5. The van der Waals surface area contributed by atoms with Crippen molar-refractivity contribution in [3.8, 4) is 11.1 Å². The van der Waals surface area contributed by atoms with E-state index in [-0.39, 0.29) is 0 Å². The first-order valence-electron chi connectivity index (χ1n) is 8.52. The Bertz CT molecular complexity index is 1050. The van der Waals surface area contributed by atoms with Crippen LogP contribution in [0.4, 0.5) is 5.82 Å². The van der Waals surface area contributed by atoms with Crippen molar-refractivity contribution >= 4 is 23.1 Å². The van der Waals surface area contributed by atoms with E-state index in [2.05, 4.69) is 17.4 Å². The Labute approximate surface area is 157 Å². The largest absolute Gasteiger partial charge is 0.366 e. The standard InChI is InChI=1S/C21H19ClN4/c1-14-12-19(23-13-16-6-4-3-5-7-16)26-21(24-14)20(15(2)25-26)17-8-10-18(22)11-9-17/h3-12,23H,13H2,1-2H3. The molecule has 0 bridgehead atoms. The van der Waals surface area contributed by atoms with E-state index >= 15 is 0 Å². The van der Waals surface area contributed by atoms with Crippen LogP contribution in [-0.4, -0.2) is 14.6 Å². The molecule has 5 heteroatoms. The minimum Gasteiger partial charge on any atom is -0.366 e. The quantitative estimate of drug-likeness (QED) is 0.537. The van der Waals surface area contributed by atoms with Gasteiger partial charge in [-0.25, -0.2) is 4.98 Å². The van der Waals surface area contributed by atoms with Crippen LogP contribution in [0.25, 0.3) is 16.8 Å². The fourth-order valence-electron chi connectivity index (χ4n) is 3.11. The topological polar surface area (TPSA) is 42.2 Å². The molecule has 0 aliphatic rings. The van der Waals surface area contributed by atoms with Crippen LogP contribution >= 0.6 is 11.6 Å². The average molecular weight is 363 g/mol. The van der Waals surface area contributed by atoms with E-state index in [1.165, 1.54) is 5.56 Å². The molecule has 4 nitrogen and oxygen atoms in total. The first-order valence-corrected chi connectivity index (χ1v) is 8.90. The van der Waals surface area contributed by atoms with Crippen LogP contribution in [0.3, 0.4) is 0 Å². The Balaban J connectivity index is 1.78. The fourth-order valence-corrected chi connectivity index (χ4v) is 3.24. The maximum absolute atomic E-state index is 6.03. The van der Waals surface area contributed by atoms with E-state index in [0.29, 0.717) is 0 Å². The minimum absolute atomic E-state index is 0.720. The first kappa shape index (κ1) is 16.6. The number of benzene rings is 2. The predicted molar refractivity (Wildman–Crippen MR) is 107 cm³/mol. The SMILES string of the molecule is Cc1cc(NCc2ccccc2)n2nc(C)c(-c3ccc(Cl)cc3)c2n1. The second-order valence-corrected chi connectivity index (χ2v) is 6.76. The highest BCUT2D eigenvalue weighted by Gasteiger charge is 2.16. The van der Waals surface area contributed by atoms with Crippen molar-refractivity contribution in [2.24, 2.45) is 0 Å². The number of aryl methyl sites for hydroxylation is 2. The van der Waals surface area contributed by atoms with Crippen molar-refractivity contribution in [3.63, 3.8) is 0 Å². The van der Waals surface area contributed by atoms with Gasteiger partial charge in [0.1, 0.15) is 5.82 Å². The van der Waals surface area contributed by atoms with E-state index in [1.807, 2.05) is 66.9 Å². The molecule has 0 atom stereocenters. The van der Waals surface area contributed by atoms with Gasteiger partial charge >= 0.3 is 0 Å². The zero-order chi connectivity index (χ0) is 18.1. The first-order chi connectivity index (χ1) is 12.6. The molecule has 0 radical (unpaired) electrons. The number of hydrogen-bond acceptors (Lipinski definition) is 3. The van der Waals surface area contributed by atoms with Gasteiger partial charge in [-0.15, -0.1) is 0 Å². The van der Waals surface area contributed by atoms with Crippen LogP contribution in [0.1, 0.15) is 17.0 Å². The van der Waals surface area contributed by atoms with Crippen molar-refractivity contribution in [2.45, 2.75) is 20.4 Å². The summed E-state index contributed by atoms with van der Waals surface area (Å²) in [6.45, 7) is 4.74. The zero-order valence-corrected chi connectivity index (χ0v) is 15.5. The van der Waals surface area contributed by atoms with Crippen molar-refractivity contribution in [2.75, 3.05) is 5.32 Å². The Kier molecular flexibility index (Phi) is 4.35. The molecule has 4 aromatic rings. The number of nitrogens with one attached hydrogen (secondary N) is 1. The highest BCUT2D eigenvalue weighted by Crippen LogP contribution is 2.30. The molecule has 26 heavy (non-hydrogen) atoms. The molecule has 0 saturated heterocycles. The summed E-state index contributed by atoms with van der Waals surface area (Å²) in [5, 5.41) is 8.93. The third kappa shape index (κ3) is 3.16. The van der Waals surface area contributed by atoms with E-state index < -0.39 is 0 Å². The maximum atomic E-state index is 6.03. The lowest BCUT2D eigenvalue weighted by Gasteiger charge is -2.10. The van der Waals surface area contributed by atoms with Gasteiger partial charge in [0.2, 0.25) is 0 Å². The summed E-state index contributed by atoms with van der Waals surface area (Å²) in [6.07, 6.45) is 0. The Morgan fingerprint density at radius 3 is 2.46 bits per heavy atom. The summed E-state index contributed by atoms with van der Waals surface area (Å²) in [7, 11) is 0. The van der Waals surface area contributed by atoms with Gasteiger partial charge < -0.3 is 5.32 Å². The van der Waals surface area contributed by atoms with Gasteiger partial charge in [0.25, 0.3) is 0 Å². The van der Waals surface area contributed by atoms with E-state index in [1.54, 1.807) is 0 Å². The second kappa shape index (κ2) is 6.81. The van der Waals surface area contributed by atoms with Crippen LogP contribution in [-0.2, 0) is 6.54 Å². The average Bonchev–Trinajstić information content (AvgIpc) is 2.97. The van der Waals surface area contributed by atoms with Crippen molar-refractivity contribution < 1.29 is 0 Å². The normalized spacial score (nSPS) is 11.0. The molecule has 2 aromatic carbocycles. The van der Waals surface area contributed by atoms with E-state index in [4.69, 9.17) is 21.7 Å². The zero-order valence-electron chi connectivity index (χ0n) is 14.7. The van der Waals surface area contributed by atoms with E-state index in [0.717, 1.165) is 45.5 Å². The van der Waals surface area contributed by atoms with Gasteiger partial charge in [0, 0.05) is 28.9 Å². The number of rotatable bonds is 4. The van der Waals surface area contributed by atoms with Gasteiger partial charge in [-0.2, -0.15) is 9.61 Å². The third-order valence-electron chi connectivity index (χ3n) is 4.34. The van der Waals surface area contributed by atoms with Gasteiger partial charge in [-0.3, -0.25) is 0 Å². The van der Waals surface area contributed by atoms with E-state index in [9.17, 15) is 0 Å². The van der Waals surface area contributed by atoms with Gasteiger partial charge in [-0.05, 0) is 37.1 Å². The monoisotopic (exact) mass is 362 g/mol. The summed E-state index contributed by atoms with van der Waals surface area (Å²) in [5.41, 5.74) is 6.05. The third-order valence-corrected chi connectivity index (χ3v) is 4.59. The molecule has 0 aliphatic heterocycles. The fraction of sp³-hybridized carbons (Fsp3) is 0.143. The van der Waals surface area contributed by atoms with Crippen molar-refractivity contribution in [1.29, 1.82) is 0 Å². The molecule has 1 N–H and O–H groups in total. The molecule has 0 saturated carbocycles. The van der Waals surface area contributed by atoms with Crippen LogP contribution < -0.4 is 5.32 Å². The van der Waals surface area contributed by atoms with Crippen LogP contribution in [0.15, 0.2) is 60.7 Å². The lowest BCUT2D eigenvalue weighted by atomic mass is 10.1. The summed E-state index contributed by atoms with van der Waals surface area (Å²) in [5.74, 6) is 0.930. The van der Waals surface area contributed by atoms with Crippen molar-refractivity contribution in [1.82, 2.24) is 14.6 Å². The van der Waals surface area contributed by atoms with Crippen LogP contribution in [0.5, 0.6) is 0 Å². The lowest BCUT2D eigenvalue weighted by molar-refractivity contribution is 0.900. The molecule has 4 rings (SSSR count). The minimum atomic E-state index is 0.720. The molecular weight excluding hydrogens is 344 g/mol. The number of nitrogens with zero attached hydrogens (tertiary/aromatic N) is 3. The molecule has 0 unspecified atom stereocenters. The summed E-state index contributed by atoms with van der Waals surface area (Å²) >= 11 is 6.03. The Morgan fingerprint density at radius 1 is 1.00 bits per heavy atom. The number of hydrogen-bond donors (Lipinski definition) is 1. The summed E-state index contributed by atoms with van der Waals surface area (Å²) in [4.78, 5) is 4.74. The molecular formula is C21H19ClN4. The molecule has 2 aromatic heterocycles.